The maximum absolute atomic E-state index is 12.9. The predicted molar refractivity (Wildman–Crippen MR) is 99.1 cm³/mol. The van der Waals surface area contributed by atoms with E-state index in [1.54, 1.807) is 11.8 Å². The minimum atomic E-state index is -0.206. The summed E-state index contributed by atoms with van der Waals surface area (Å²) in [6, 6.07) is 15.0. The first kappa shape index (κ1) is 16.9. The number of aromatic nitrogens is 3. The van der Waals surface area contributed by atoms with Crippen molar-refractivity contribution in [1.82, 2.24) is 14.8 Å². The van der Waals surface area contributed by atoms with Crippen molar-refractivity contribution in [3.05, 3.63) is 81.6 Å². The largest absolute Gasteiger partial charge is 0.299 e. The van der Waals surface area contributed by atoms with Crippen LogP contribution in [-0.4, -0.2) is 14.8 Å². The molecule has 1 N–H and O–H groups in total. The van der Waals surface area contributed by atoms with Crippen LogP contribution < -0.4 is 0 Å². The predicted octanol–water partition coefficient (Wildman–Crippen LogP) is 4.87. The Morgan fingerprint density at radius 2 is 1.71 bits per heavy atom. The third-order valence-corrected chi connectivity index (χ3v) is 5.02. The summed E-state index contributed by atoms with van der Waals surface area (Å²) in [7, 11) is 0. The van der Waals surface area contributed by atoms with E-state index in [1.165, 1.54) is 23.3 Å². The molecule has 6 heteroatoms. The second-order valence-corrected chi connectivity index (χ2v) is 7.01. The Balaban J connectivity index is 1.65. The molecule has 3 aromatic rings. The van der Waals surface area contributed by atoms with E-state index in [0.717, 1.165) is 22.9 Å². The molecule has 0 aliphatic rings. The zero-order valence-electron chi connectivity index (χ0n) is 13.3. The standard InChI is InChI=1S/C18H18FN3S2/c1-13-2-4-14(5-3-13)10-22-17(20-21-18(22)23)12-24-11-15-6-8-16(19)9-7-15/h2-9H,10-12H2,1H3,(H,21,23). The molecule has 0 fully saturated rings. The fourth-order valence-electron chi connectivity index (χ4n) is 2.34. The van der Waals surface area contributed by atoms with E-state index in [2.05, 4.69) is 41.4 Å². The minimum absolute atomic E-state index is 0.206. The van der Waals surface area contributed by atoms with Gasteiger partial charge in [0.25, 0.3) is 0 Å². The minimum Gasteiger partial charge on any atom is -0.299 e. The molecule has 3 nitrogen and oxygen atoms in total. The second kappa shape index (κ2) is 7.77. The van der Waals surface area contributed by atoms with Gasteiger partial charge in [-0.1, -0.05) is 42.0 Å². The van der Waals surface area contributed by atoms with Crippen molar-refractivity contribution in [2.24, 2.45) is 0 Å². The van der Waals surface area contributed by atoms with Gasteiger partial charge in [-0.25, -0.2) is 4.39 Å². The Morgan fingerprint density at radius 3 is 2.42 bits per heavy atom. The van der Waals surface area contributed by atoms with Crippen LogP contribution >= 0.6 is 24.0 Å². The number of benzene rings is 2. The monoisotopic (exact) mass is 359 g/mol. The smallest absolute Gasteiger partial charge is 0.195 e. The van der Waals surface area contributed by atoms with Crippen LogP contribution in [0.5, 0.6) is 0 Å². The van der Waals surface area contributed by atoms with Crippen LogP contribution in [-0.2, 0) is 18.1 Å². The SMILES string of the molecule is Cc1ccc(Cn2c(CSCc3ccc(F)cc3)n[nH]c2=S)cc1. The molecule has 0 saturated carbocycles. The first-order chi connectivity index (χ1) is 11.6. The average molecular weight is 359 g/mol. The highest BCUT2D eigenvalue weighted by Crippen LogP contribution is 2.18. The lowest BCUT2D eigenvalue weighted by atomic mass is 10.1. The molecule has 1 aromatic heterocycles. The van der Waals surface area contributed by atoms with Gasteiger partial charge in [-0.3, -0.25) is 9.67 Å². The van der Waals surface area contributed by atoms with E-state index < -0.39 is 0 Å². The van der Waals surface area contributed by atoms with E-state index in [-0.39, 0.29) is 5.82 Å². The molecule has 0 radical (unpaired) electrons. The highest BCUT2D eigenvalue weighted by molar-refractivity contribution is 7.97. The summed E-state index contributed by atoms with van der Waals surface area (Å²) in [5, 5.41) is 7.22. The van der Waals surface area contributed by atoms with Gasteiger partial charge in [-0.2, -0.15) is 5.10 Å². The first-order valence-electron chi connectivity index (χ1n) is 7.63. The van der Waals surface area contributed by atoms with E-state index in [9.17, 15) is 4.39 Å². The van der Waals surface area contributed by atoms with Gasteiger partial charge in [-0.05, 0) is 42.4 Å². The summed E-state index contributed by atoms with van der Waals surface area (Å²) in [6.07, 6.45) is 0. The molecule has 124 valence electrons. The molecule has 0 amide bonds. The van der Waals surface area contributed by atoms with E-state index in [4.69, 9.17) is 12.2 Å². The third kappa shape index (κ3) is 4.33. The molecule has 3 rings (SSSR count). The molecule has 2 aromatic carbocycles. The maximum atomic E-state index is 12.9. The highest BCUT2D eigenvalue weighted by Gasteiger charge is 2.07. The number of aryl methyl sites for hydroxylation is 1. The third-order valence-electron chi connectivity index (χ3n) is 3.71. The van der Waals surface area contributed by atoms with Crippen molar-refractivity contribution in [2.75, 3.05) is 0 Å². The van der Waals surface area contributed by atoms with Crippen molar-refractivity contribution in [1.29, 1.82) is 0 Å². The van der Waals surface area contributed by atoms with Gasteiger partial charge in [0, 0.05) is 5.75 Å². The summed E-state index contributed by atoms with van der Waals surface area (Å²) < 4.78 is 15.6. The van der Waals surface area contributed by atoms with Crippen LogP contribution in [0.15, 0.2) is 48.5 Å². The zero-order chi connectivity index (χ0) is 16.9. The number of halogens is 1. The lowest BCUT2D eigenvalue weighted by Crippen LogP contribution is -2.04. The molecule has 0 aliphatic carbocycles. The van der Waals surface area contributed by atoms with Gasteiger partial charge in [0.1, 0.15) is 11.6 Å². The quantitative estimate of drug-likeness (QED) is 0.638. The van der Waals surface area contributed by atoms with Gasteiger partial charge in [-0.15, -0.1) is 11.8 Å². The molecule has 0 bridgehead atoms. The van der Waals surface area contributed by atoms with E-state index >= 15 is 0 Å². The number of H-pyrrole nitrogens is 1. The molecule has 0 spiro atoms. The molecular weight excluding hydrogens is 341 g/mol. The molecule has 0 atom stereocenters. The fourth-order valence-corrected chi connectivity index (χ4v) is 3.49. The zero-order valence-corrected chi connectivity index (χ0v) is 15.0. The Bertz CT molecular complexity index is 851. The first-order valence-corrected chi connectivity index (χ1v) is 9.20. The van der Waals surface area contributed by atoms with Gasteiger partial charge < -0.3 is 0 Å². The molecule has 1 heterocycles. The second-order valence-electron chi connectivity index (χ2n) is 5.64. The van der Waals surface area contributed by atoms with Gasteiger partial charge >= 0.3 is 0 Å². The van der Waals surface area contributed by atoms with E-state index in [1.807, 2.05) is 16.7 Å². The lowest BCUT2D eigenvalue weighted by Gasteiger charge is -2.07. The maximum Gasteiger partial charge on any atom is 0.195 e. The Hall–Kier alpha value is -1.92. The van der Waals surface area contributed by atoms with Crippen LogP contribution in [0.3, 0.4) is 0 Å². The number of hydrogen-bond donors (Lipinski definition) is 1. The van der Waals surface area contributed by atoms with Crippen molar-refractivity contribution in [3.8, 4) is 0 Å². The Kier molecular flexibility index (Phi) is 5.48. The molecule has 24 heavy (non-hydrogen) atoms. The van der Waals surface area contributed by atoms with Crippen molar-refractivity contribution < 1.29 is 4.39 Å². The van der Waals surface area contributed by atoms with Crippen LogP contribution in [0.4, 0.5) is 4.39 Å². The van der Waals surface area contributed by atoms with Gasteiger partial charge in [0.15, 0.2) is 4.77 Å². The van der Waals surface area contributed by atoms with Gasteiger partial charge in [0.05, 0.1) is 12.3 Å². The van der Waals surface area contributed by atoms with Gasteiger partial charge in [0.2, 0.25) is 0 Å². The molecular formula is C18H18FN3S2. The summed E-state index contributed by atoms with van der Waals surface area (Å²) in [4.78, 5) is 0. The Morgan fingerprint density at radius 1 is 1.04 bits per heavy atom. The van der Waals surface area contributed by atoms with Crippen LogP contribution in [0.2, 0.25) is 0 Å². The average Bonchev–Trinajstić information content (AvgIpc) is 2.92. The van der Waals surface area contributed by atoms with Crippen molar-refractivity contribution in [3.63, 3.8) is 0 Å². The van der Waals surface area contributed by atoms with Crippen molar-refractivity contribution >= 4 is 24.0 Å². The van der Waals surface area contributed by atoms with Crippen LogP contribution in [0.1, 0.15) is 22.5 Å². The summed E-state index contributed by atoms with van der Waals surface area (Å²) in [5.41, 5.74) is 3.54. The number of rotatable bonds is 6. The molecule has 0 unspecified atom stereocenters. The lowest BCUT2D eigenvalue weighted by molar-refractivity contribution is 0.627. The number of thioether (sulfide) groups is 1. The number of hydrogen-bond acceptors (Lipinski definition) is 3. The summed E-state index contributed by atoms with van der Waals surface area (Å²) >= 11 is 7.08. The number of aromatic amines is 1. The molecule has 0 saturated heterocycles. The Labute approximate surface area is 149 Å². The fraction of sp³-hybridized carbons (Fsp3) is 0.222. The number of nitrogens with zero attached hydrogens (tertiary/aromatic N) is 2. The van der Waals surface area contributed by atoms with E-state index in [0.29, 0.717) is 11.3 Å². The summed E-state index contributed by atoms with van der Waals surface area (Å²) in [5.74, 6) is 2.27. The number of nitrogens with one attached hydrogen (secondary N) is 1. The normalized spacial score (nSPS) is 10.9. The van der Waals surface area contributed by atoms with Crippen molar-refractivity contribution in [2.45, 2.75) is 25.0 Å². The summed E-state index contributed by atoms with van der Waals surface area (Å²) in [6.45, 7) is 2.78. The molecule has 0 aliphatic heterocycles. The highest BCUT2D eigenvalue weighted by atomic mass is 32.2. The van der Waals surface area contributed by atoms with Crippen LogP contribution in [0, 0.1) is 17.5 Å². The topological polar surface area (TPSA) is 33.6 Å². The van der Waals surface area contributed by atoms with Crippen LogP contribution in [0.25, 0.3) is 0 Å².